The summed E-state index contributed by atoms with van der Waals surface area (Å²) < 4.78 is 1.83. The second-order valence-electron chi connectivity index (χ2n) is 5.08. The Morgan fingerprint density at radius 3 is 2.76 bits per heavy atom. The largest absolute Gasteiger partial charge is 0.364 e. The number of carbonyl (C=O) groups excluding carboxylic acids is 1. The predicted octanol–water partition coefficient (Wildman–Crippen LogP) is 1.38. The van der Waals surface area contributed by atoms with Gasteiger partial charge in [-0.1, -0.05) is 30.3 Å². The van der Waals surface area contributed by atoms with Crippen molar-refractivity contribution in [2.24, 2.45) is 5.73 Å². The minimum Gasteiger partial charge on any atom is -0.364 e. The number of rotatable bonds is 3. The van der Waals surface area contributed by atoms with Crippen LogP contribution in [0.2, 0.25) is 0 Å². The molecule has 1 aromatic carbocycles. The summed E-state index contributed by atoms with van der Waals surface area (Å²) in [6.07, 6.45) is 2.98. The molecule has 2 aromatic rings. The summed E-state index contributed by atoms with van der Waals surface area (Å²) in [6.45, 7) is 1.32. The molecule has 6 heteroatoms. The van der Waals surface area contributed by atoms with E-state index in [2.05, 4.69) is 11.3 Å². The number of nitriles is 1. The Balaban J connectivity index is 2.03. The molecule has 0 saturated carbocycles. The molecular formula is C15H15N5O. The van der Waals surface area contributed by atoms with Crippen LogP contribution in [0.5, 0.6) is 0 Å². The average molecular weight is 281 g/mol. The van der Waals surface area contributed by atoms with Crippen molar-refractivity contribution in [2.45, 2.75) is 12.5 Å². The number of primary amides is 1. The third kappa shape index (κ3) is 2.46. The fraction of sp³-hybridized carbons (Fsp3) is 0.267. The van der Waals surface area contributed by atoms with Crippen LogP contribution in [0.1, 0.15) is 23.0 Å². The van der Waals surface area contributed by atoms with E-state index in [1.54, 1.807) is 11.0 Å². The molecule has 1 aliphatic rings. The lowest BCUT2D eigenvalue weighted by Gasteiger charge is -2.14. The number of nitrogens with zero attached hydrogens (tertiary/aromatic N) is 4. The van der Waals surface area contributed by atoms with Crippen LogP contribution >= 0.6 is 0 Å². The van der Waals surface area contributed by atoms with Gasteiger partial charge in [0.15, 0.2) is 11.9 Å². The van der Waals surface area contributed by atoms with E-state index in [1.165, 1.54) is 0 Å². The average Bonchev–Trinajstić information content (AvgIpc) is 3.14. The van der Waals surface area contributed by atoms with Crippen molar-refractivity contribution in [3.8, 4) is 17.5 Å². The maximum absolute atomic E-state index is 11.4. The van der Waals surface area contributed by atoms with E-state index in [1.807, 2.05) is 35.0 Å². The molecule has 0 unspecified atom stereocenters. The third-order valence-electron chi connectivity index (χ3n) is 3.71. The standard InChI is InChI=1S/C15H15N5O/c16-10-19-7-6-12(9-19)20-14(8-13(18-20)15(17)21)11-4-2-1-3-5-11/h1-5,8,12H,6-7,9H2,(H2,17,21)/t12-/m1/s1. The molecule has 1 amide bonds. The van der Waals surface area contributed by atoms with Gasteiger partial charge >= 0.3 is 0 Å². The van der Waals surface area contributed by atoms with Gasteiger partial charge in [0, 0.05) is 6.54 Å². The van der Waals surface area contributed by atoms with Gasteiger partial charge in [-0.2, -0.15) is 10.4 Å². The first-order chi connectivity index (χ1) is 10.2. The smallest absolute Gasteiger partial charge is 0.269 e. The van der Waals surface area contributed by atoms with Crippen molar-refractivity contribution in [2.75, 3.05) is 13.1 Å². The number of benzene rings is 1. The predicted molar refractivity (Wildman–Crippen MR) is 77.0 cm³/mol. The van der Waals surface area contributed by atoms with Gasteiger partial charge in [0.1, 0.15) is 0 Å². The fourth-order valence-corrected chi connectivity index (χ4v) is 2.65. The molecular weight excluding hydrogens is 266 g/mol. The Hall–Kier alpha value is -2.81. The molecule has 0 aliphatic carbocycles. The monoisotopic (exact) mass is 281 g/mol. The number of nitrogens with two attached hydrogens (primary N) is 1. The Morgan fingerprint density at radius 2 is 2.14 bits per heavy atom. The number of amides is 1. The highest BCUT2D eigenvalue weighted by Crippen LogP contribution is 2.28. The molecule has 1 aliphatic heterocycles. The molecule has 0 spiro atoms. The topological polar surface area (TPSA) is 87.9 Å². The highest BCUT2D eigenvalue weighted by atomic mass is 16.1. The van der Waals surface area contributed by atoms with E-state index >= 15 is 0 Å². The maximum atomic E-state index is 11.4. The first kappa shape index (κ1) is 13.2. The van der Waals surface area contributed by atoms with Crippen LogP contribution in [0.4, 0.5) is 0 Å². The van der Waals surface area contributed by atoms with Gasteiger partial charge in [-0.05, 0) is 18.1 Å². The van der Waals surface area contributed by atoms with Gasteiger partial charge in [-0.25, -0.2) is 0 Å². The fourth-order valence-electron chi connectivity index (χ4n) is 2.65. The maximum Gasteiger partial charge on any atom is 0.269 e. The van der Waals surface area contributed by atoms with Gasteiger partial charge in [-0.3, -0.25) is 9.48 Å². The van der Waals surface area contributed by atoms with Crippen LogP contribution in [-0.4, -0.2) is 33.7 Å². The SMILES string of the molecule is N#CN1CC[C@@H](n2nc(C(N)=O)cc2-c2ccccc2)C1. The highest BCUT2D eigenvalue weighted by molar-refractivity contribution is 5.92. The number of hydrogen-bond acceptors (Lipinski definition) is 4. The van der Waals surface area contributed by atoms with Crippen molar-refractivity contribution in [1.29, 1.82) is 5.26 Å². The second kappa shape index (κ2) is 5.29. The van der Waals surface area contributed by atoms with Crippen molar-refractivity contribution < 1.29 is 4.79 Å². The summed E-state index contributed by atoms with van der Waals surface area (Å²) >= 11 is 0. The number of carbonyl (C=O) groups is 1. The normalized spacial score (nSPS) is 17.7. The minimum atomic E-state index is -0.541. The second-order valence-corrected chi connectivity index (χ2v) is 5.08. The molecule has 6 nitrogen and oxygen atoms in total. The van der Waals surface area contributed by atoms with Crippen LogP contribution < -0.4 is 5.73 Å². The van der Waals surface area contributed by atoms with Crippen molar-refractivity contribution in [3.63, 3.8) is 0 Å². The lowest BCUT2D eigenvalue weighted by molar-refractivity contribution is 0.0994. The quantitative estimate of drug-likeness (QED) is 0.861. The van der Waals surface area contributed by atoms with E-state index in [4.69, 9.17) is 11.0 Å². The zero-order valence-corrected chi connectivity index (χ0v) is 11.4. The zero-order chi connectivity index (χ0) is 14.8. The van der Waals surface area contributed by atoms with Gasteiger partial charge in [0.25, 0.3) is 5.91 Å². The van der Waals surface area contributed by atoms with Crippen LogP contribution in [0, 0.1) is 11.5 Å². The molecule has 3 rings (SSSR count). The van der Waals surface area contributed by atoms with Crippen molar-refractivity contribution in [1.82, 2.24) is 14.7 Å². The summed E-state index contributed by atoms with van der Waals surface area (Å²) in [5.41, 5.74) is 7.44. The highest BCUT2D eigenvalue weighted by Gasteiger charge is 2.27. The van der Waals surface area contributed by atoms with E-state index in [0.717, 1.165) is 17.7 Å². The molecule has 1 atom stereocenters. The Labute approximate surface area is 122 Å². The van der Waals surface area contributed by atoms with Crippen LogP contribution in [0.15, 0.2) is 36.4 Å². The summed E-state index contributed by atoms with van der Waals surface area (Å²) in [6, 6.07) is 11.5. The summed E-state index contributed by atoms with van der Waals surface area (Å²) in [5, 5.41) is 13.3. The van der Waals surface area contributed by atoms with Crippen molar-refractivity contribution >= 4 is 5.91 Å². The molecule has 21 heavy (non-hydrogen) atoms. The number of aromatic nitrogens is 2. The first-order valence-corrected chi connectivity index (χ1v) is 6.78. The van der Waals surface area contributed by atoms with E-state index in [0.29, 0.717) is 13.1 Å². The molecule has 106 valence electrons. The Kier molecular flexibility index (Phi) is 3.32. The van der Waals surface area contributed by atoms with E-state index < -0.39 is 5.91 Å². The number of likely N-dealkylation sites (tertiary alicyclic amines) is 1. The lowest BCUT2D eigenvalue weighted by Crippen LogP contribution is -2.18. The Morgan fingerprint density at radius 1 is 1.38 bits per heavy atom. The van der Waals surface area contributed by atoms with Crippen LogP contribution in [-0.2, 0) is 0 Å². The van der Waals surface area contributed by atoms with Gasteiger partial charge in [0.05, 0.1) is 18.3 Å². The third-order valence-corrected chi connectivity index (χ3v) is 3.71. The van der Waals surface area contributed by atoms with Crippen LogP contribution in [0.3, 0.4) is 0 Å². The van der Waals surface area contributed by atoms with Gasteiger partial charge in [-0.15, -0.1) is 0 Å². The molecule has 2 N–H and O–H groups in total. The Bertz CT molecular complexity index is 701. The lowest BCUT2D eigenvalue weighted by atomic mass is 10.1. The van der Waals surface area contributed by atoms with Crippen molar-refractivity contribution in [3.05, 3.63) is 42.1 Å². The van der Waals surface area contributed by atoms with Gasteiger partial charge in [0.2, 0.25) is 0 Å². The minimum absolute atomic E-state index is 0.0768. The number of hydrogen-bond donors (Lipinski definition) is 1. The zero-order valence-electron chi connectivity index (χ0n) is 11.4. The molecule has 2 heterocycles. The molecule has 0 bridgehead atoms. The molecule has 1 saturated heterocycles. The summed E-state index contributed by atoms with van der Waals surface area (Å²) in [4.78, 5) is 13.1. The summed E-state index contributed by atoms with van der Waals surface area (Å²) in [7, 11) is 0. The van der Waals surface area contributed by atoms with E-state index in [9.17, 15) is 4.79 Å². The van der Waals surface area contributed by atoms with E-state index in [-0.39, 0.29) is 11.7 Å². The first-order valence-electron chi connectivity index (χ1n) is 6.78. The molecule has 1 aromatic heterocycles. The molecule has 0 radical (unpaired) electrons. The molecule has 1 fully saturated rings. The van der Waals surface area contributed by atoms with Crippen LogP contribution in [0.25, 0.3) is 11.3 Å². The summed E-state index contributed by atoms with van der Waals surface area (Å²) in [5.74, 6) is -0.541. The van der Waals surface area contributed by atoms with Gasteiger partial charge < -0.3 is 10.6 Å².